The smallest absolute Gasteiger partial charge is 0.0570 e. The molecular formula is C19H23ClN2O. The highest BCUT2D eigenvalue weighted by Crippen LogP contribution is 2.50. The Bertz CT molecular complexity index is 716. The zero-order chi connectivity index (χ0) is 16.6. The van der Waals surface area contributed by atoms with E-state index in [2.05, 4.69) is 49.1 Å². The first-order valence-electron chi connectivity index (χ1n) is 7.88. The fraction of sp³-hybridized carbons (Fsp3) is 0.368. The van der Waals surface area contributed by atoms with E-state index in [-0.39, 0.29) is 6.61 Å². The molecule has 3 nitrogen and oxygen atoms in total. The molecule has 23 heavy (non-hydrogen) atoms. The van der Waals surface area contributed by atoms with Crippen molar-refractivity contribution in [3.8, 4) is 0 Å². The van der Waals surface area contributed by atoms with E-state index >= 15 is 0 Å². The Hall–Kier alpha value is -1.55. The topological polar surface area (TPSA) is 26.7 Å². The first-order valence-corrected chi connectivity index (χ1v) is 8.26. The maximum Gasteiger partial charge on any atom is 0.0570 e. The molecular weight excluding hydrogens is 308 g/mol. The SMILES string of the molecule is CN(C)CCC1(CO)c2ccccc2N(C)c2cc(Cl)ccc21. The maximum atomic E-state index is 10.4. The van der Waals surface area contributed by atoms with Gasteiger partial charge in [-0.25, -0.2) is 0 Å². The Morgan fingerprint density at radius 1 is 1.09 bits per heavy atom. The molecule has 1 unspecified atom stereocenters. The number of fused-ring (bicyclic) bond motifs is 2. The Morgan fingerprint density at radius 2 is 1.78 bits per heavy atom. The van der Waals surface area contributed by atoms with Gasteiger partial charge in [0.05, 0.1) is 6.61 Å². The monoisotopic (exact) mass is 330 g/mol. The maximum absolute atomic E-state index is 10.4. The standard InChI is InChI=1S/C19H23ClN2O/c1-21(2)11-10-19(13-23)15-6-4-5-7-17(15)22(3)18-12-14(20)8-9-16(18)19/h4-9,12,23H,10-11,13H2,1-3H3. The molecule has 1 heterocycles. The van der Waals surface area contributed by atoms with Crippen molar-refractivity contribution in [2.45, 2.75) is 11.8 Å². The normalized spacial score (nSPS) is 19.7. The van der Waals surface area contributed by atoms with Crippen molar-refractivity contribution < 1.29 is 5.11 Å². The van der Waals surface area contributed by atoms with Crippen molar-refractivity contribution in [2.24, 2.45) is 0 Å². The molecule has 2 aromatic rings. The number of aliphatic hydroxyl groups excluding tert-OH is 1. The second-order valence-electron chi connectivity index (χ2n) is 6.53. The van der Waals surface area contributed by atoms with Gasteiger partial charge in [0.2, 0.25) is 0 Å². The van der Waals surface area contributed by atoms with Crippen LogP contribution in [0.4, 0.5) is 11.4 Å². The predicted octanol–water partition coefficient (Wildman–Crippen LogP) is 3.65. The van der Waals surface area contributed by atoms with E-state index in [9.17, 15) is 5.11 Å². The van der Waals surface area contributed by atoms with E-state index in [1.54, 1.807) is 0 Å². The third kappa shape index (κ3) is 2.63. The van der Waals surface area contributed by atoms with Gasteiger partial charge in [-0.05, 0) is 56.4 Å². The van der Waals surface area contributed by atoms with Crippen molar-refractivity contribution in [3.05, 3.63) is 58.6 Å². The number of aliphatic hydroxyl groups is 1. The van der Waals surface area contributed by atoms with E-state index in [0.29, 0.717) is 0 Å². The third-order valence-electron chi connectivity index (χ3n) is 4.87. The lowest BCUT2D eigenvalue weighted by molar-refractivity contribution is 0.198. The van der Waals surface area contributed by atoms with Gasteiger partial charge in [-0.15, -0.1) is 0 Å². The number of benzene rings is 2. The fourth-order valence-corrected chi connectivity index (χ4v) is 3.73. The summed E-state index contributed by atoms with van der Waals surface area (Å²) >= 11 is 6.24. The van der Waals surface area contributed by atoms with Crippen LogP contribution in [-0.2, 0) is 5.41 Å². The van der Waals surface area contributed by atoms with Gasteiger partial charge >= 0.3 is 0 Å². The second-order valence-corrected chi connectivity index (χ2v) is 6.97. The molecule has 4 heteroatoms. The molecule has 122 valence electrons. The number of hydrogen-bond donors (Lipinski definition) is 1. The molecule has 0 fully saturated rings. The molecule has 0 aliphatic carbocycles. The minimum Gasteiger partial charge on any atom is -0.395 e. The summed E-state index contributed by atoms with van der Waals surface area (Å²) in [4.78, 5) is 4.33. The first-order chi connectivity index (χ1) is 11.0. The van der Waals surface area contributed by atoms with Gasteiger partial charge < -0.3 is 14.9 Å². The largest absolute Gasteiger partial charge is 0.395 e. The van der Waals surface area contributed by atoms with Crippen molar-refractivity contribution in [3.63, 3.8) is 0 Å². The van der Waals surface area contributed by atoms with E-state index in [1.165, 1.54) is 5.56 Å². The van der Waals surface area contributed by atoms with Crippen LogP contribution < -0.4 is 4.90 Å². The molecule has 0 radical (unpaired) electrons. The Morgan fingerprint density at radius 3 is 2.48 bits per heavy atom. The zero-order valence-corrected chi connectivity index (χ0v) is 14.6. The van der Waals surface area contributed by atoms with Crippen LogP contribution in [-0.4, -0.2) is 44.3 Å². The number of nitrogens with zero attached hydrogens (tertiary/aromatic N) is 2. The van der Waals surface area contributed by atoms with Crippen LogP contribution in [0.2, 0.25) is 5.02 Å². The Kier molecular flexibility index (Phi) is 4.37. The molecule has 1 atom stereocenters. The number of halogens is 1. The van der Waals surface area contributed by atoms with Gasteiger partial charge in [0, 0.05) is 28.9 Å². The summed E-state index contributed by atoms with van der Waals surface area (Å²) in [6, 6.07) is 14.3. The van der Waals surface area contributed by atoms with E-state index in [1.807, 2.05) is 24.3 Å². The molecule has 1 aliphatic heterocycles. The molecule has 0 spiro atoms. The van der Waals surface area contributed by atoms with Crippen LogP contribution in [0.5, 0.6) is 0 Å². The van der Waals surface area contributed by atoms with Crippen LogP contribution in [0.15, 0.2) is 42.5 Å². The second kappa shape index (κ2) is 6.16. The summed E-state index contributed by atoms with van der Waals surface area (Å²) in [6.07, 6.45) is 0.857. The molecule has 0 saturated carbocycles. The lowest BCUT2D eigenvalue weighted by Crippen LogP contribution is -2.40. The molecule has 0 bridgehead atoms. The number of anilines is 2. The highest BCUT2D eigenvalue weighted by molar-refractivity contribution is 6.31. The summed E-state index contributed by atoms with van der Waals surface area (Å²) in [5.74, 6) is 0. The van der Waals surface area contributed by atoms with Crippen molar-refractivity contribution in [1.29, 1.82) is 0 Å². The summed E-state index contributed by atoms with van der Waals surface area (Å²) in [7, 11) is 6.19. The van der Waals surface area contributed by atoms with Gasteiger partial charge in [-0.1, -0.05) is 35.9 Å². The number of hydrogen-bond acceptors (Lipinski definition) is 3. The first kappa shape index (κ1) is 16.3. The van der Waals surface area contributed by atoms with Gasteiger partial charge in [-0.2, -0.15) is 0 Å². The molecule has 1 aliphatic rings. The third-order valence-corrected chi connectivity index (χ3v) is 5.11. The van der Waals surface area contributed by atoms with E-state index < -0.39 is 5.41 Å². The Balaban J connectivity index is 2.24. The minimum atomic E-state index is -0.396. The molecule has 2 aromatic carbocycles. The molecule has 1 N–H and O–H groups in total. The van der Waals surface area contributed by atoms with Gasteiger partial charge in [0.1, 0.15) is 0 Å². The minimum absolute atomic E-state index is 0.0837. The highest BCUT2D eigenvalue weighted by atomic mass is 35.5. The van der Waals surface area contributed by atoms with Gasteiger partial charge in [-0.3, -0.25) is 0 Å². The number of para-hydroxylation sites is 1. The van der Waals surface area contributed by atoms with Gasteiger partial charge in [0.25, 0.3) is 0 Å². The van der Waals surface area contributed by atoms with Gasteiger partial charge in [0.15, 0.2) is 0 Å². The molecule has 0 aromatic heterocycles. The van der Waals surface area contributed by atoms with Crippen LogP contribution in [0, 0.1) is 0 Å². The average molecular weight is 331 g/mol. The summed E-state index contributed by atoms with van der Waals surface area (Å²) < 4.78 is 0. The van der Waals surface area contributed by atoms with Crippen LogP contribution in [0.3, 0.4) is 0 Å². The lowest BCUT2D eigenvalue weighted by atomic mass is 9.69. The van der Waals surface area contributed by atoms with E-state index in [0.717, 1.165) is 34.9 Å². The lowest BCUT2D eigenvalue weighted by Gasteiger charge is -2.44. The van der Waals surface area contributed by atoms with Crippen LogP contribution in [0.1, 0.15) is 17.5 Å². The average Bonchev–Trinajstić information content (AvgIpc) is 2.55. The van der Waals surface area contributed by atoms with Crippen LogP contribution in [0.25, 0.3) is 0 Å². The fourth-order valence-electron chi connectivity index (χ4n) is 3.57. The number of rotatable bonds is 4. The van der Waals surface area contributed by atoms with Crippen molar-refractivity contribution >= 4 is 23.0 Å². The summed E-state index contributed by atoms with van der Waals surface area (Å²) in [5.41, 5.74) is 4.14. The summed E-state index contributed by atoms with van der Waals surface area (Å²) in [6.45, 7) is 0.987. The zero-order valence-electron chi connectivity index (χ0n) is 13.9. The Labute approximate surface area is 143 Å². The van der Waals surface area contributed by atoms with Crippen molar-refractivity contribution in [1.82, 2.24) is 4.90 Å². The predicted molar refractivity (Wildman–Crippen MR) is 97.0 cm³/mol. The highest BCUT2D eigenvalue weighted by Gasteiger charge is 2.41. The molecule has 0 saturated heterocycles. The summed E-state index contributed by atoms with van der Waals surface area (Å²) in [5, 5.41) is 11.2. The van der Waals surface area contributed by atoms with Crippen molar-refractivity contribution in [2.75, 3.05) is 39.2 Å². The van der Waals surface area contributed by atoms with Crippen LogP contribution >= 0.6 is 11.6 Å². The quantitative estimate of drug-likeness (QED) is 0.927. The van der Waals surface area contributed by atoms with E-state index in [4.69, 9.17) is 11.6 Å². The molecule has 3 rings (SSSR count). The molecule has 0 amide bonds.